The van der Waals surface area contributed by atoms with E-state index in [0.717, 1.165) is 12.0 Å². The third kappa shape index (κ3) is 3.19. The fourth-order valence-corrected chi connectivity index (χ4v) is 1.35. The fourth-order valence-electron chi connectivity index (χ4n) is 1.35. The van der Waals surface area contributed by atoms with Crippen LogP contribution in [0.25, 0.3) is 0 Å². The number of aliphatic carboxylic acids is 1. The summed E-state index contributed by atoms with van der Waals surface area (Å²) in [6.45, 7) is 1.94. The highest BCUT2D eigenvalue weighted by atomic mass is 16.5. The van der Waals surface area contributed by atoms with E-state index in [2.05, 4.69) is 9.97 Å². The molecule has 1 heterocycles. The van der Waals surface area contributed by atoms with Crippen LogP contribution < -0.4 is 4.74 Å². The predicted octanol–water partition coefficient (Wildman–Crippen LogP) is 1.45. The second kappa shape index (κ2) is 5.29. The molecule has 0 aliphatic rings. The maximum absolute atomic E-state index is 10.6. The van der Waals surface area contributed by atoms with Crippen molar-refractivity contribution in [3.05, 3.63) is 18.0 Å². The van der Waals surface area contributed by atoms with E-state index in [0.29, 0.717) is 6.01 Å². The Kier molecular flexibility index (Phi) is 4.03. The second-order valence-electron chi connectivity index (χ2n) is 3.21. The van der Waals surface area contributed by atoms with Crippen molar-refractivity contribution in [3.63, 3.8) is 0 Å². The van der Waals surface area contributed by atoms with E-state index in [4.69, 9.17) is 9.84 Å². The molecule has 82 valence electrons. The molecule has 1 N–H and O–H groups in total. The van der Waals surface area contributed by atoms with E-state index in [9.17, 15) is 4.79 Å². The van der Waals surface area contributed by atoms with Gasteiger partial charge in [-0.1, -0.05) is 6.92 Å². The normalized spacial score (nSPS) is 12.1. The van der Waals surface area contributed by atoms with Gasteiger partial charge in [0.15, 0.2) is 0 Å². The Morgan fingerprint density at radius 1 is 1.53 bits per heavy atom. The average molecular weight is 210 g/mol. The Hall–Kier alpha value is -1.65. The van der Waals surface area contributed by atoms with E-state index >= 15 is 0 Å². The summed E-state index contributed by atoms with van der Waals surface area (Å²) in [5, 5.41) is 8.71. The van der Waals surface area contributed by atoms with Crippen LogP contribution in [-0.4, -0.2) is 28.2 Å². The summed E-state index contributed by atoms with van der Waals surface area (Å²) in [6, 6.07) is 0.295. The molecule has 15 heavy (non-hydrogen) atoms. The minimum atomic E-state index is -0.808. The first-order valence-electron chi connectivity index (χ1n) is 4.75. The molecule has 5 nitrogen and oxygen atoms in total. The van der Waals surface area contributed by atoms with Gasteiger partial charge in [-0.2, -0.15) is 0 Å². The average Bonchev–Trinajstić information content (AvgIpc) is 2.26. The largest absolute Gasteiger partial charge is 0.481 e. The Labute approximate surface area is 88.1 Å². The Balaban J connectivity index is 2.78. The summed E-state index contributed by atoms with van der Waals surface area (Å²) in [6.07, 6.45) is 4.08. The third-order valence-electron chi connectivity index (χ3n) is 2.22. The van der Waals surface area contributed by atoms with Crippen molar-refractivity contribution in [2.75, 3.05) is 7.11 Å². The lowest BCUT2D eigenvalue weighted by Gasteiger charge is -2.11. The molecule has 0 saturated carbocycles. The summed E-state index contributed by atoms with van der Waals surface area (Å²) >= 11 is 0. The van der Waals surface area contributed by atoms with Gasteiger partial charge in [0, 0.05) is 12.4 Å². The minimum absolute atomic E-state index is 0.0339. The molecule has 0 spiro atoms. The third-order valence-corrected chi connectivity index (χ3v) is 2.22. The maximum atomic E-state index is 10.6. The molecule has 1 atom stereocenters. The van der Waals surface area contributed by atoms with E-state index in [1.54, 1.807) is 12.4 Å². The number of hydrogen-bond acceptors (Lipinski definition) is 4. The zero-order valence-electron chi connectivity index (χ0n) is 8.80. The molecule has 0 aliphatic heterocycles. The van der Waals surface area contributed by atoms with Gasteiger partial charge < -0.3 is 9.84 Å². The molecule has 1 aromatic rings. The number of carbonyl (C=O) groups is 1. The number of hydrogen-bond donors (Lipinski definition) is 1. The van der Waals surface area contributed by atoms with Crippen LogP contribution in [0.4, 0.5) is 0 Å². The van der Waals surface area contributed by atoms with Crippen molar-refractivity contribution in [2.45, 2.75) is 25.7 Å². The lowest BCUT2D eigenvalue weighted by molar-refractivity contribution is -0.137. The van der Waals surface area contributed by atoms with Crippen LogP contribution in [0.3, 0.4) is 0 Å². The van der Waals surface area contributed by atoms with Gasteiger partial charge in [-0.3, -0.25) is 4.79 Å². The number of rotatable bonds is 5. The van der Waals surface area contributed by atoms with Crippen LogP contribution in [0, 0.1) is 0 Å². The van der Waals surface area contributed by atoms with Gasteiger partial charge in [-0.05, 0) is 17.9 Å². The fraction of sp³-hybridized carbons (Fsp3) is 0.500. The van der Waals surface area contributed by atoms with E-state index in [-0.39, 0.29) is 12.3 Å². The summed E-state index contributed by atoms with van der Waals surface area (Å²) in [5.41, 5.74) is 0.834. The topological polar surface area (TPSA) is 72.3 Å². The molecule has 0 aromatic carbocycles. The number of nitrogens with zero attached hydrogens (tertiary/aromatic N) is 2. The van der Waals surface area contributed by atoms with Gasteiger partial charge in [0.25, 0.3) is 0 Å². The van der Waals surface area contributed by atoms with Crippen molar-refractivity contribution in [1.29, 1.82) is 0 Å². The molecule has 0 bridgehead atoms. The zero-order valence-corrected chi connectivity index (χ0v) is 8.80. The van der Waals surface area contributed by atoms with Crippen molar-refractivity contribution in [1.82, 2.24) is 9.97 Å². The molecule has 0 aliphatic carbocycles. The van der Waals surface area contributed by atoms with Crippen LogP contribution in [0.1, 0.15) is 31.2 Å². The van der Waals surface area contributed by atoms with Crippen molar-refractivity contribution < 1.29 is 14.6 Å². The number of carboxylic acids is 1. The lowest BCUT2D eigenvalue weighted by atomic mass is 9.96. The highest BCUT2D eigenvalue weighted by Crippen LogP contribution is 2.22. The molecule has 0 radical (unpaired) electrons. The first kappa shape index (κ1) is 11.4. The molecule has 1 aromatic heterocycles. The molecule has 5 heteroatoms. The number of carboxylic acid groups (broad SMARTS) is 1. The second-order valence-corrected chi connectivity index (χ2v) is 3.21. The van der Waals surface area contributed by atoms with E-state index < -0.39 is 5.97 Å². The van der Waals surface area contributed by atoms with Crippen molar-refractivity contribution in [2.24, 2.45) is 0 Å². The number of ether oxygens (including phenoxy) is 1. The van der Waals surface area contributed by atoms with Crippen LogP contribution in [-0.2, 0) is 4.79 Å². The monoisotopic (exact) mass is 210 g/mol. The number of methoxy groups -OCH3 is 1. The van der Waals surface area contributed by atoms with Crippen molar-refractivity contribution in [3.8, 4) is 6.01 Å². The number of aromatic nitrogens is 2. The summed E-state index contributed by atoms with van der Waals surface area (Å²) in [5.74, 6) is -0.842. The van der Waals surface area contributed by atoms with Gasteiger partial charge in [0.05, 0.1) is 13.5 Å². The predicted molar refractivity (Wildman–Crippen MR) is 53.9 cm³/mol. The van der Waals surface area contributed by atoms with Gasteiger partial charge in [-0.15, -0.1) is 0 Å². The van der Waals surface area contributed by atoms with Crippen LogP contribution in [0.5, 0.6) is 6.01 Å². The van der Waals surface area contributed by atoms with Gasteiger partial charge in [0.1, 0.15) is 0 Å². The highest BCUT2D eigenvalue weighted by molar-refractivity contribution is 5.67. The highest BCUT2D eigenvalue weighted by Gasteiger charge is 2.14. The quantitative estimate of drug-likeness (QED) is 0.796. The summed E-state index contributed by atoms with van der Waals surface area (Å²) in [4.78, 5) is 18.5. The molecular weight excluding hydrogens is 196 g/mol. The Bertz CT molecular complexity index is 324. The van der Waals surface area contributed by atoms with Crippen molar-refractivity contribution >= 4 is 5.97 Å². The van der Waals surface area contributed by atoms with E-state index in [1.165, 1.54) is 7.11 Å². The summed E-state index contributed by atoms with van der Waals surface area (Å²) in [7, 11) is 1.49. The molecule has 0 unspecified atom stereocenters. The molecule has 0 amide bonds. The standard InChI is InChI=1S/C10H14N2O3/c1-3-7(4-9(13)14)8-5-11-10(15-2)12-6-8/h5-7H,3-4H2,1-2H3,(H,13,14)/t7-/m1/s1. The Morgan fingerprint density at radius 2 is 2.13 bits per heavy atom. The molecule has 1 rings (SSSR count). The van der Waals surface area contributed by atoms with Gasteiger partial charge in [-0.25, -0.2) is 9.97 Å². The Morgan fingerprint density at radius 3 is 2.53 bits per heavy atom. The van der Waals surface area contributed by atoms with Crippen LogP contribution >= 0.6 is 0 Å². The first-order chi connectivity index (χ1) is 7.17. The maximum Gasteiger partial charge on any atom is 0.316 e. The van der Waals surface area contributed by atoms with Gasteiger partial charge in [0.2, 0.25) is 0 Å². The molecule has 0 saturated heterocycles. The van der Waals surface area contributed by atoms with Crippen LogP contribution in [0.15, 0.2) is 12.4 Å². The van der Waals surface area contributed by atoms with Gasteiger partial charge >= 0.3 is 12.0 Å². The van der Waals surface area contributed by atoms with E-state index in [1.807, 2.05) is 6.92 Å². The SMILES string of the molecule is CC[C@H](CC(=O)O)c1cnc(OC)nc1. The smallest absolute Gasteiger partial charge is 0.316 e. The zero-order chi connectivity index (χ0) is 11.3. The molecule has 0 fully saturated rings. The van der Waals surface area contributed by atoms with Crippen LogP contribution in [0.2, 0.25) is 0 Å². The lowest BCUT2D eigenvalue weighted by Crippen LogP contribution is -2.06. The summed E-state index contributed by atoms with van der Waals surface area (Å²) < 4.78 is 4.83. The molecular formula is C10H14N2O3. The minimum Gasteiger partial charge on any atom is -0.481 e. The first-order valence-corrected chi connectivity index (χ1v) is 4.75.